The molecule has 4 nitrogen and oxygen atoms in total. The Bertz CT molecular complexity index is 773. The van der Waals surface area contributed by atoms with Crippen molar-refractivity contribution >= 4 is 34.1 Å². The molecule has 4 heterocycles. The van der Waals surface area contributed by atoms with Crippen LogP contribution in [0.2, 0.25) is 4.34 Å². The van der Waals surface area contributed by atoms with Gasteiger partial charge in [0, 0.05) is 6.20 Å². The van der Waals surface area contributed by atoms with Gasteiger partial charge in [-0.2, -0.15) is 0 Å². The van der Waals surface area contributed by atoms with Gasteiger partial charge in [0.2, 0.25) is 0 Å². The fourth-order valence-corrected chi connectivity index (χ4v) is 3.92. The summed E-state index contributed by atoms with van der Waals surface area (Å²) < 4.78 is 3.02. The monoisotopic (exact) mass is 318 g/mol. The van der Waals surface area contributed by atoms with Crippen LogP contribution in [0.1, 0.15) is 25.4 Å². The highest BCUT2D eigenvalue weighted by atomic mass is 35.5. The standard InChI is InChI=1S/C15H15ClN4S/c16-12-7-6-11(21-12)15-19-10-4-3-9-18-14(10)20(15)13-5-1-2-8-17-13/h3-4,6-7,9,13,17H,1-2,5,8H2. The van der Waals surface area contributed by atoms with Crippen molar-refractivity contribution < 1.29 is 0 Å². The molecule has 0 bridgehead atoms. The fraction of sp³-hybridized carbons (Fsp3) is 0.333. The van der Waals surface area contributed by atoms with E-state index in [1.54, 1.807) is 11.3 Å². The number of aromatic nitrogens is 3. The van der Waals surface area contributed by atoms with E-state index < -0.39 is 0 Å². The summed E-state index contributed by atoms with van der Waals surface area (Å²) in [6.07, 6.45) is 5.66. The van der Waals surface area contributed by atoms with Crippen LogP contribution in [0.3, 0.4) is 0 Å². The molecule has 0 amide bonds. The van der Waals surface area contributed by atoms with E-state index in [9.17, 15) is 0 Å². The summed E-state index contributed by atoms with van der Waals surface area (Å²) in [6.45, 7) is 1.04. The van der Waals surface area contributed by atoms with Gasteiger partial charge < -0.3 is 0 Å². The Labute approximate surface area is 131 Å². The molecule has 1 atom stereocenters. The Morgan fingerprint density at radius 3 is 3.00 bits per heavy atom. The smallest absolute Gasteiger partial charge is 0.161 e. The predicted molar refractivity (Wildman–Crippen MR) is 86.7 cm³/mol. The number of hydrogen-bond donors (Lipinski definition) is 1. The Morgan fingerprint density at radius 1 is 1.29 bits per heavy atom. The number of nitrogens with zero attached hydrogens (tertiary/aromatic N) is 3. The van der Waals surface area contributed by atoms with E-state index in [0.29, 0.717) is 0 Å². The predicted octanol–water partition coefficient (Wildman–Crippen LogP) is 4.09. The number of piperidine rings is 1. The second-order valence-corrected chi connectivity index (χ2v) is 6.94. The van der Waals surface area contributed by atoms with Gasteiger partial charge in [0.15, 0.2) is 11.5 Å². The highest BCUT2D eigenvalue weighted by molar-refractivity contribution is 7.19. The summed E-state index contributed by atoms with van der Waals surface area (Å²) in [5, 5.41) is 3.59. The number of imidazole rings is 1. The first-order chi connectivity index (χ1) is 10.3. The lowest BCUT2D eigenvalue weighted by Gasteiger charge is -2.26. The highest BCUT2D eigenvalue weighted by Crippen LogP contribution is 2.35. The van der Waals surface area contributed by atoms with E-state index >= 15 is 0 Å². The van der Waals surface area contributed by atoms with E-state index in [-0.39, 0.29) is 6.17 Å². The Morgan fingerprint density at radius 2 is 2.24 bits per heavy atom. The zero-order valence-corrected chi connectivity index (χ0v) is 13.0. The summed E-state index contributed by atoms with van der Waals surface area (Å²) in [5.41, 5.74) is 1.88. The molecule has 1 fully saturated rings. The van der Waals surface area contributed by atoms with Gasteiger partial charge in [-0.15, -0.1) is 11.3 Å². The van der Waals surface area contributed by atoms with E-state index in [2.05, 4.69) is 14.9 Å². The van der Waals surface area contributed by atoms with Crippen molar-refractivity contribution in [3.05, 3.63) is 34.8 Å². The minimum Gasteiger partial charge on any atom is -0.297 e. The molecule has 21 heavy (non-hydrogen) atoms. The quantitative estimate of drug-likeness (QED) is 0.774. The molecule has 0 saturated carbocycles. The van der Waals surface area contributed by atoms with Gasteiger partial charge in [-0.3, -0.25) is 9.88 Å². The number of rotatable bonds is 2. The molecule has 1 aliphatic rings. The maximum absolute atomic E-state index is 6.10. The third-order valence-corrected chi connectivity index (χ3v) is 5.07. The van der Waals surface area contributed by atoms with Crippen LogP contribution < -0.4 is 5.32 Å². The van der Waals surface area contributed by atoms with Crippen molar-refractivity contribution in [3.63, 3.8) is 0 Å². The summed E-state index contributed by atoms with van der Waals surface area (Å²) in [7, 11) is 0. The van der Waals surface area contributed by atoms with Crippen LogP contribution >= 0.6 is 22.9 Å². The third kappa shape index (κ3) is 2.35. The Balaban J connectivity index is 1.92. The maximum Gasteiger partial charge on any atom is 0.161 e. The molecule has 1 aliphatic heterocycles. The minimum absolute atomic E-state index is 0.259. The Hall–Kier alpha value is -1.43. The average molecular weight is 319 g/mol. The lowest BCUT2D eigenvalue weighted by Crippen LogP contribution is -2.31. The molecular formula is C15H15ClN4S. The number of nitrogens with one attached hydrogen (secondary N) is 1. The molecule has 6 heteroatoms. The normalized spacial score (nSPS) is 19.2. The topological polar surface area (TPSA) is 42.7 Å². The first kappa shape index (κ1) is 13.2. The maximum atomic E-state index is 6.10. The zero-order valence-electron chi connectivity index (χ0n) is 11.4. The van der Waals surface area contributed by atoms with Gasteiger partial charge in [0.25, 0.3) is 0 Å². The summed E-state index contributed by atoms with van der Waals surface area (Å²) >= 11 is 7.66. The number of thiophene rings is 1. The molecule has 1 unspecified atom stereocenters. The lowest BCUT2D eigenvalue weighted by molar-refractivity contribution is 0.328. The Kier molecular flexibility index (Phi) is 3.41. The molecule has 4 rings (SSSR count). The first-order valence-electron chi connectivity index (χ1n) is 7.15. The molecule has 1 N–H and O–H groups in total. The van der Waals surface area contributed by atoms with Crippen LogP contribution in [-0.4, -0.2) is 21.1 Å². The van der Waals surface area contributed by atoms with Crippen molar-refractivity contribution in [1.82, 2.24) is 19.9 Å². The van der Waals surface area contributed by atoms with Crippen molar-refractivity contribution in [1.29, 1.82) is 0 Å². The third-order valence-electron chi connectivity index (χ3n) is 3.84. The molecule has 3 aromatic rings. The second-order valence-electron chi connectivity index (χ2n) is 5.22. The largest absolute Gasteiger partial charge is 0.297 e. The molecule has 108 valence electrons. The first-order valence-corrected chi connectivity index (χ1v) is 8.34. The summed E-state index contributed by atoms with van der Waals surface area (Å²) in [5.74, 6) is 0.958. The van der Waals surface area contributed by atoms with Gasteiger partial charge in [-0.25, -0.2) is 9.97 Å². The van der Waals surface area contributed by atoms with Crippen LogP contribution in [0.25, 0.3) is 21.9 Å². The van der Waals surface area contributed by atoms with Crippen molar-refractivity contribution in [3.8, 4) is 10.7 Å². The molecule has 0 radical (unpaired) electrons. The number of hydrogen-bond acceptors (Lipinski definition) is 4. The van der Waals surface area contributed by atoms with Crippen molar-refractivity contribution in [2.45, 2.75) is 25.4 Å². The minimum atomic E-state index is 0.259. The van der Waals surface area contributed by atoms with Gasteiger partial charge in [0.05, 0.1) is 15.4 Å². The fourth-order valence-electron chi connectivity index (χ4n) is 2.89. The van der Waals surface area contributed by atoms with E-state index in [0.717, 1.165) is 39.2 Å². The van der Waals surface area contributed by atoms with E-state index in [1.807, 2.05) is 30.5 Å². The van der Waals surface area contributed by atoms with Crippen molar-refractivity contribution in [2.24, 2.45) is 0 Å². The van der Waals surface area contributed by atoms with E-state index in [4.69, 9.17) is 16.6 Å². The molecular weight excluding hydrogens is 304 g/mol. The van der Waals surface area contributed by atoms with Crippen LogP contribution in [0.4, 0.5) is 0 Å². The number of fused-ring (bicyclic) bond motifs is 1. The number of halogens is 1. The van der Waals surface area contributed by atoms with Gasteiger partial charge in [-0.05, 0) is 50.1 Å². The number of pyridine rings is 1. The van der Waals surface area contributed by atoms with E-state index in [1.165, 1.54) is 12.8 Å². The second kappa shape index (κ2) is 5.40. The molecule has 0 spiro atoms. The SMILES string of the molecule is Clc1ccc(-c2nc3cccnc3n2C2CCCCN2)s1. The summed E-state index contributed by atoms with van der Waals surface area (Å²) in [6, 6.07) is 7.90. The van der Waals surface area contributed by atoms with Crippen LogP contribution in [0.5, 0.6) is 0 Å². The molecule has 0 aliphatic carbocycles. The molecule has 3 aromatic heterocycles. The van der Waals surface area contributed by atoms with Crippen molar-refractivity contribution in [2.75, 3.05) is 6.54 Å². The average Bonchev–Trinajstić information content (AvgIpc) is 3.11. The molecule has 0 aromatic carbocycles. The van der Waals surface area contributed by atoms with Gasteiger partial charge in [0.1, 0.15) is 5.52 Å². The summed E-state index contributed by atoms with van der Waals surface area (Å²) in [4.78, 5) is 10.4. The van der Waals surface area contributed by atoms with Gasteiger partial charge >= 0.3 is 0 Å². The zero-order chi connectivity index (χ0) is 14.2. The van der Waals surface area contributed by atoms with Crippen LogP contribution in [0.15, 0.2) is 30.5 Å². The highest BCUT2D eigenvalue weighted by Gasteiger charge is 2.23. The lowest BCUT2D eigenvalue weighted by atomic mass is 10.1. The van der Waals surface area contributed by atoms with Crippen LogP contribution in [-0.2, 0) is 0 Å². The van der Waals surface area contributed by atoms with Crippen LogP contribution in [0, 0.1) is 0 Å². The van der Waals surface area contributed by atoms with Gasteiger partial charge in [-0.1, -0.05) is 11.6 Å². The molecule has 1 saturated heterocycles.